The van der Waals surface area contributed by atoms with Gasteiger partial charge in [-0.25, -0.2) is 9.18 Å². The number of nitrogens with two attached hydrogens (primary N) is 2. The van der Waals surface area contributed by atoms with E-state index in [-0.39, 0.29) is 11.9 Å². The first-order chi connectivity index (χ1) is 9.61. The highest BCUT2D eigenvalue weighted by atomic mass is 32.2. The number of primary amides is 1. The molecular weight excluding hydrogens is 279 g/mol. The fourth-order valence-electron chi connectivity index (χ4n) is 1.75. The number of hydrogen-bond acceptors (Lipinski definition) is 4. The van der Waals surface area contributed by atoms with Crippen LogP contribution in [0.5, 0.6) is 0 Å². The van der Waals surface area contributed by atoms with Crippen LogP contribution in [0.4, 0.5) is 9.18 Å². The maximum atomic E-state index is 12.8. The standard InChI is InChI=1S/C14H21FN2O2S/c15-11-5-7-13(8-6-11)20-10-12(19-14(17)18)4-2-1-3-9-16/h5-8,12H,1-4,9-10,16H2,(H2,17,18). The van der Waals surface area contributed by atoms with E-state index in [1.165, 1.54) is 23.9 Å². The Morgan fingerprint density at radius 1 is 1.25 bits per heavy atom. The molecule has 0 heterocycles. The summed E-state index contributed by atoms with van der Waals surface area (Å²) in [4.78, 5) is 11.8. The van der Waals surface area contributed by atoms with Gasteiger partial charge < -0.3 is 16.2 Å². The highest BCUT2D eigenvalue weighted by molar-refractivity contribution is 7.99. The molecule has 0 bridgehead atoms. The van der Waals surface area contributed by atoms with E-state index in [2.05, 4.69) is 0 Å². The molecule has 0 spiro atoms. The minimum Gasteiger partial charge on any atom is -0.446 e. The lowest BCUT2D eigenvalue weighted by molar-refractivity contribution is 0.112. The fourth-order valence-corrected chi connectivity index (χ4v) is 2.70. The molecule has 20 heavy (non-hydrogen) atoms. The molecule has 4 N–H and O–H groups in total. The molecule has 1 amide bonds. The molecule has 0 radical (unpaired) electrons. The Bertz CT molecular complexity index is 401. The van der Waals surface area contributed by atoms with Crippen molar-refractivity contribution in [1.29, 1.82) is 0 Å². The molecule has 0 saturated carbocycles. The number of rotatable bonds is 9. The first kappa shape index (κ1) is 16.8. The fraction of sp³-hybridized carbons (Fsp3) is 0.500. The van der Waals surface area contributed by atoms with Gasteiger partial charge in [-0.05, 0) is 50.1 Å². The lowest BCUT2D eigenvalue weighted by Crippen LogP contribution is -2.24. The average molecular weight is 300 g/mol. The predicted octanol–water partition coefficient (Wildman–Crippen LogP) is 2.90. The van der Waals surface area contributed by atoms with Gasteiger partial charge >= 0.3 is 6.09 Å². The third kappa shape index (κ3) is 7.35. The molecule has 0 fully saturated rings. The van der Waals surface area contributed by atoms with E-state index in [4.69, 9.17) is 16.2 Å². The summed E-state index contributed by atoms with van der Waals surface area (Å²) in [5, 5.41) is 0. The van der Waals surface area contributed by atoms with Gasteiger partial charge in [0.1, 0.15) is 11.9 Å². The Morgan fingerprint density at radius 3 is 2.55 bits per heavy atom. The number of carbonyl (C=O) groups excluding carboxylic acids is 1. The Hall–Kier alpha value is -1.27. The molecule has 1 aromatic rings. The van der Waals surface area contributed by atoms with Crippen LogP contribution < -0.4 is 11.5 Å². The summed E-state index contributed by atoms with van der Waals surface area (Å²) >= 11 is 1.52. The summed E-state index contributed by atoms with van der Waals surface area (Å²) in [6.07, 6.45) is 2.70. The highest BCUT2D eigenvalue weighted by Crippen LogP contribution is 2.22. The van der Waals surface area contributed by atoms with Crippen LogP contribution in [0.15, 0.2) is 29.2 Å². The Labute approximate surface area is 123 Å². The average Bonchev–Trinajstić information content (AvgIpc) is 2.42. The molecule has 1 unspecified atom stereocenters. The van der Waals surface area contributed by atoms with Crippen LogP contribution in [0, 0.1) is 5.82 Å². The molecule has 0 aliphatic carbocycles. The van der Waals surface area contributed by atoms with E-state index >= 15 is 0 Å². The maximum Gasteiger partial charge on any atom is 0.404 e. The number of amides is 1. The Balaban J connectivity index is 2.38. The molecule has 4 nitrogen and oxygen atoms in total. The van der Waals surface area contributed by atoms with Crippen molar-refractivity contribution in [2.24, 2.45) is 11.5 Å². The van der Waals surface area contributed by atoms with Crippen molar-refractivity contribution < 1.29 is 13.9 Å². The second-order valence-electron chi connectivity index (χ2n) is 4.46. The summed E-state index contributed by atoms with van der Waals surface area (Å²) < 4.78 is 17.9. The monoisotopic (exact) mass is 300 g/mol. The van der Waals surface area contributed by atoms with Gasteiger partial charge in [0.05, 0.1) is 0 Å². The van der Waals surface area contributed by atoms with Crippen LogP contribution in [-0.2, 0) is 4.74 Å². The molecule has 6 heteroatoms. The first-order valence-electron chi connectivity index (χ1n) is 6.66. The number of halogens is 1. The van der Waals surface area contributed by atoms with Gasteiger partial charge in [0.15, 0.2) is 0 Å². The number of hydrogen-bond donors (Lipinski definition) is 2. The lowest BCUT2D eigenvalue weighted by Gasteiger charge is -2.16. The van der Waals surface area contributed by atoms with Crippen LogP contribution in [0.1, 0.15) is 25.7 Å². The lowest BCUT2D eigenvalue weighted by atomic mass is 10.1. The molecule has 0 aliphatic heterocycles. The third-order valence-corrected chi connectivity index (χ3v) is 3.91. The molecule has 0 aliphatic rings. The van der Waals surface area contributed by atoms with Gasteiger partial charge in [-0.1, -0.05) is 6.42 Å². The quantitative estimate of drug-likeness (QED) is 0.543. The number of thioether (sulfide) groups is 1. The van der Waals surface area contributed by atoms with Crippen molar-refractivity contribution in [1.82, 2.24) is 0 Å². The van der Waals surface area contributed by atoms with Gasteiger partial charge in [0, 0.05) is 10.6 Å². The molecule has 0 aromatic heterocycles. The summed E-state index contributed by atoms with van der Waals surface area (Å²) in [6.45, 7) is 0.672. The molecule has 1 rings (SSSR count). The maximum absolute atomic E-state index is 12.8. The number of benzene rings is 1. The van der Waals surface area contributed by atoms with E-state index in [1.54, 1.807) is 12.1 Å². The van der Waals surface area contributed by atoms with Crippen LogP contribution in [0.25, 0.3) is 0 Å². The molecule has 1 aromatic carbocycles. The van der Waals surface area contributed by atoms with E-state index in [9.17, 15) is 9.18 Å². The minimum atomic E-state index is -0.756. The summed E-state index contributed by atoms with van der Waals surface area (Å²) in [6, 6.07) is 6.23. The van der Waals surface area contributed by atoms with Gasteiger partial charge in [-0.15, -0.1) is 11.8 Å². The van der Waals surface area contributed by atoms with Crippen molar-refractivity contribution in [2.75, 3.05) is 12.3 Å². The second-order valence-corrected chi connectivity index (χ2v) is 5.56. The predicted molar refractivity (Wildman–Crippen MR) is 79.1 cm³/mol. The van der Waals surface area contributed by atoms with Crippen molar-refractivity contribution in [3.63, 3.8) is 0 Å². The van der Waals surface area contributed by atoms with E-state index < -0.39 is 6.09 Å². The summed E-state index contributed by atoms with van der Waals surface area (Å²) in [7, 11) is 0. The van der Waals surface area contributed by atoms with E-state index in [0.717, 1.165) is 30.6 Å². The molecule has 0 saturated heterocycles. The Kier molecular flexibility index (Phi) is 8.06. The van der Waals surface area contributed by atoms with Crippen molar-refractivity contribution in [3.8, 4) is 0 Å². The Morgan fingerprint density at radius 2 is 1.95 bits per heavy atom. The number of unbranched alkanes of at least 4 members (excludes halogenated alkanes) is 2. The molecular formula is C14H21FN2O2S. The number of ether oxygens (including phenoxy) is 1. The van der Waals surface area contributed by atoms with Gasteiger partial charge in [0.25, 0.3) is 0 Å². The molecule has 1 atom stereocenters. The third-order valence-electron chi connectivity index (χ3n) is 2.76. The second kappa shape index (κ2) is 9.61. The molecule has 112 valence electrons. The number of carbonyl (C=O) groups is 1. The minimum absolute atomic E-state index is 0.222. The van der Waals surface area contributed by atoms with Crippen molar-refractivity contribution in [3.05, 3.63) is 30.1 Å². The van der Waals surface area contributed by atoms with E-state index in [1.807, 2.05) is 0 Å². The topological polar surface area (TPSA) is 78.3 Å². The van der Waals surface area contributed by atoms with Crippen LogP contribution >= 0.6 is 11.8 Å². The van der Waals surface area contributed by atoms with Crippen LogP contribution in [0.3, 0.4) is 0 Å². The van der Waals surface area contributed by atoms with Gasteiger partial charge in [-0.3, -0.25) is 0 Å². The van der Waals surface area contributed by atoms with E-state index in [0.29, 0.717) is 12.3 Å². The van der Waals surface area contributed by atoms with Crippen LogP contribution in [-0.4, -0.2) is 24.5 Å². The van der Waals surface area contributed by atoms with Crippen LogP contribution in [0.2, 0.25) is 0 Å². The largest absolute Gasteiger partial charge is 0.446 e. The van der Waals surface area contributed by atoms with Crippen molar-refractivity contribution >= 4 is 17.9 Å². The normalized spacial score (nSPS) is 12.1. The smallest absolute Gasteiger partial charge is 0.404 e. The zero-order chi connectivity index (χ0) is 14.8. The van der Waals surface area contributed by atoms with Gasteiger partial charge in [0.2, 0.25) is 0 Å². The summed E-state index contributed by atoms with van der Waals surface area (Å²) in [5.74, 6) is 0.345. The van der Waals surface area contributed by atoms with Crippen molar-refractivity contribution in [2.45, 2.75) is 36.7 Å². The zero-order valence-electron chi connectivity index (χ0n) is 11.4. The first-order valence-corrected chi connectivity index (χ1v) is 7.65. The summed E-state index contributed by atoms with van der Waals surface area (Å²) in [5.41, 5.74) is 10.5. The highest BCUT2D eigenvalue weighted by Gasteiger charge is 2.13. The SMILES string of the molecule is NCCCCCC(CSc1ccc(F)cc1)OC(N)=O. The van der Waals surface area contributed by atoms with Gasteiger partial charge in [-0.2, -0.15) is 0 Å². The zero-order valence-corrected chi connectivity index (χ0v) is 12.2.